The van der Waals surface area contributed by atoms with Crippen LogP contribution in [-0.4, -0.2) is 29.4 Å². The van der Waals surface area contributed by atoms with Gasteiger partial charge in [0.1, 0.15) is 0 Å². The van der Waals surface area contributed by atoms with Gasteiger partial charge in [-0.1, -0.05) is 15.9 Å². The zero-order chi connectivity index (χ0) is 8.10. The molecule has 0 aromatic heterocycles. The van der Waals surface area contributed by atoms with Gasteiger partial charge in [-0.15, -0.1) is 0 Å². The van der Waals surface area contributed by atoms with Crippen LogP contribution >= 0.6 is 15.9 Å². The first kappa shape index (κ1) is 9.02. The van der Waals surface area contributed by atoms with Gasteiger partial charge >= 0.3 is 0 Å². The molecule has 1 fully saturated rings. The smallest absolute Gasteiger partial charge is 0.0635 e. The fourth-order valence-corrected chi connectivity index (χ4v) is 1.67. The highest BCUT2D eigenvalue weighted by molar-refractivity contribution is 9.09. The Hall–Kier alpha value is -0.0700. The summed E-state index contributed by atoms with van der Waals surface area (Å²) >= 11 is 3.41. The van der Waals surface area contributed by atoms with Crippen molar-refractivity contribution in [2.45, 2.75) is 25.3 Å². The van der Waals surface area contributed by atoms with Crippen LogP contribution in [0.25, 0.3) is 0 Å². The molecule has 0 aliphatic heterocycles. The van der Waals surface area contributed by atoms with Crippen molar-refractivity contribution in [3.63, 3.8) is 0 Å². The zero-order valence-corrected chi connectivity index (χ0v) is 8.18. The molecule has 0 N–H and O–H groups in total. The van der Waals surface area contributed by atoms with E-state index in [1.165, 1.54) is 12.8 Å². The van der Waals surface area contributed by atoms with Crippen LogP contribution in [-0.2, 0) is 0 Å². The Balaban J connectivity index is 2.16. The standard InChI is InChI=1S/C8H13BrN2/c9-4-7-11(6-1-5-10)8-2-3-8/h8H,1-4,6-7H2. The van der Waals surface area contributed by atoms with Crippen LogP contribution in [0.4, 0.5) is 0 Å². The second-order valence-electron chi connectivity index (χ2n) is 2.86. The van der Waals surface area contributed by atoms with E-state index in [9.17, 15) is 0 Å². The third-order valence-corrected chi connectivity index (χ3v) is 2.30. The summed E-state index contributed by atoms with van der Waals surface area (Å²) in [6, 6.07) is 2.97. The Kier molecular flexibility index (Phi) is 3.88. The molecule has 0 heterocycles. The van der Waals surface area contributed by atoms with E-state index in [1.807, 2.05) is 0 Å². The fourth-order valence-electron chi connectivity index (χ4n) is 1.22. The lowest BCUT2D eigenvalue weighted by molar-refractivity contribution is 0.287. The molecule has 1 aliphatic carbocycles. The Morgan fingerprint density at radius 2 is 2.18 bits per heavy atom. The number of hydrogen-bond donors (Lipinski definition) is 0. The number of alkyl halides is 1. The first-order chi connectivity index (χ1) is 5.38. The van der Waals surface area contributed by atoms with Gasteiger partial charge in [0, 0.05) is 30.9 Å². The van der Waals surface area contributed by atoms with E-state index in [4.69, 9.17) is 5.26 Å². The van der Waals surface area contributed by atoms with Crippen molar-refractivity contribution in [3.8, 4) is 6.07 Å². The summed E-state index contributed by atoms with van der Waals surface area (Å²) in [6.45, 7) is 2.04. The van der Waals surface area contributed by atoms with Crippen molar-refractivity contribution in [2.24, 2.45) is 0 Å². The molecule has 0 spiro atoms. The molecule has 1 saturated carbocycles. The predicted octanol–water partition coefficient (Wildman–Crippen LogP) is 1.76. The second-order valence-corrected chi connectivity index (χ2v) is 3.66. The van der Waals surface area contributed by atoms with Crippen LogP contribution in [0.2, 0.25) is 0 Å². The van der Waals surface area contributed by atoms with Crippen LogP contribution in [0.3, 0.4) is 0 Å². The Bertz CT molecular complexity index is 149. The maximum absolute atomic E-state index is 8.40. The molecule has 0 amide bonds. The number of nitrogens with zero attached hydrogens (tertiary/aromatic N) is 2. The van der Waals surface area contributed by atoms with Gasteiger partial charge in [-0.3, -0.25) is 4.90 Å². The summed E-state index contributed by atoms with van der Waals surface area (Å²) < 4.78 is 0. The number of rotatable bonds is 5. The second kappa shape index (κ2) is 4.74. The van der Waals surface area contributed by atoms with Gasteiger partial charge in [0.2, 0.25) is 0 Å². The SMILES string of the molecule is N#CCCN(CCBr)C1CC1. The molecule has 1 rings (SSSR count). The van der Waals surface area contributed by atoms with Crippen molar-refractivity contribution in [3.05, 3.63) is 0 Å². The van der Waals surface area contributed by atoms with Gasteiger partial charge in [0.05, 0.1) is 6.07 Å². The molecule has 0 aromatic carbocycles. The molecule has 1 aliphatic rings. The van der Waals surface area contributed by atoms with E-state index in [1.54, 1.807) is 0 Å². The fraction of sp³-hybridized carbons (Fsp3) is 0.875. The summed E-state index contributed by atoms with van der Waals surface area (Å²) in [5.74, 6) is 0. The van der Waals surface area contributed by atoms with Gasteiger partial charge in [0.15, 0.2) is 0 Å². The highest BCUT2D eigenvalue weighted by atomic mass is 79.9. The minimum absolute atomic E-state index is 0.670. The maximum Gasteiger partial charge on any atom is 0.0635 e. The van der Waals surface area contributed by atoms with Crippen molar-refractivity contribution in [2.75, 3.05) is 18.4 Å². The quantitative estimate of drug-likeness (QED) is 0.656. The molecule has 0 atom stereocenters. The molecule has 62 valence electrons. The van der Waals surface area contributed by atoms with E-state index in [0.717, 1.165) is 24.5 Å². The highest BCUT2D eigenvalue weighted by Gasteiger charge is 2.27. The molecule has 0 saturated heterocycles. The van der Waals surface area contributed by atoms with Gasteiger partial charge in [0.25, 0.3) is 0 Å². The molecular weight excluding hydrogens is 204 g/mol. The summed E-state index contributed by atoms with van der Waals surface area (Å²) in [5, 5.41) is 9.42. The summed E-state index contributed by atoms with van der Waals surface area (Å²) in [6.07, 6.45) is 3.33. The lowest BCUT2D eigenvalue weighted by Crippen LogP contribution is -2.28. The largest absolute Gasteiger partial charge is 0.299 e. The average molecular weight is 217 g/mol. The van der Waals surface area contributed by atoms with E-state index in [-0.39, 0.29) is 0 Å². The predicted molar refractivity (Wildman–Crippen MR) is 48.6 cm³/mol. The Morgan fingerprint density at radius 3 is 2.64 bits per heavy atom. The summed E-state index contributed by atoms with van der Waals surface area (Å²) in [5.41, 5.74) is 0. The Morgan fingerprint density at radius 1 is 1.45 bits per heavy atom. The molecule has 0 unspecified atom stereocenters. The van der Waals surface area contributed by atoms with Crippen molar-refractivity contribution in [1.82, 2.24) is 4.90 Å². The lowest BCUT2D eigenvalue weighted by atomic mass is 10.4. The van der Waals surface area contributed by atoms with Gasteiger partial charge in [-0.2, -0.15) is 5.26 Å². The topological polar surface area (TPSA) is 27.0 Å². The van der Waals surface area contributed by atoms with Crippen molar-refractivity contribution < 1.29 is 0 Å². The minimum Gasteiger partial charge on any atom is -0.299 e. The van der Waals surface area contributed by atoms with E-state index >= 15 is 0 Å². The van der Waals surface area contributed by atoms with Crippen LogP contribution in [0.1, 0.15) is 19.3 Å². The van der Waals surface area contributed by atoms with Gasteiger partial charge in [-0.05, 0) is 12.8 Å². The van der Waals surface area contributed by atoms with E-state index < -0.39 is 0 Å². The normalized spacial score (nSPS) is 16.8. The monoisotopic (exact) mass is 216 g/mol. The highest BCUT2D eigenvalue weighted by Crippen LogP contribution is 2.26. The molecule has 11 heavy (non-hydrogen) atoms. The van der Waals surface area contributed by atoms with Gasteiger partial charge < -0.3 is 0 Å². The van der Waals surface area contributed by atoms with E-state index in [2.05, 4.69) is 26.9 Å². The van der Waals surface area contributed by atoms with Crippen LogP contribution in [0.15, 0.2) is 0 Å². The minimum atomic E-state index is 0.670. The van der Waals surface area contributed by atoms with Crippen LogP contribution < -0.4 is 0 Å². The first-order valence-electron chi connectivity index (χ1n) is 4.05. The number of halogens is 1. The zero-order valence-electron chi connectivity index (χ0n) is 6.59. The lowest BCUT2D eigenvalue weighted by Gasteiger charge is -2.18. The number of nitriles is 1. The van der Waals surface area contributed by atoms with Crippen LogP contribution in [0, 0.1) is 11.3 Å². The van der Waals surface area contributed by atoms with Crippen molar-refractivity contribution in [1.29, 1.82) is 5.26 Å². The first-order valence-corrected chi connectivity index (χ1v) is 5.17. The third kappa shape index (κ3) is 3.22. The van der Waals surface area contributed by atoms with E-state index in [0.29, 0.717) is 6.42 Å². The van der Waals surface area contributed by atoms with Gasteiger partial charge in [-0.25, -0.2) is 0 Å². The molecule has 0 bridgehead atoms. The summed E-state index contributed by atoms with van der Waals surface area (Å²) in [4.78, 5) is 2.40. The molecule has 3 heteroatoms. The number of hydrogen-bond acceptors (Lipinski definition) is 2. The average Bonchev–Trinajstić information content (AvgIpc) is 2.80. The molecule has 0 aromatic rings. The molecule has 2 nitrogen and oxygen atoms in total. The summed E-state index contributed by atoms with van der Waals surface area (Å²) in [7, 11) is 0. The van der Waals surface area contributed by atoms with Crippen LogP contribution in [0.5, 0.6) is 0 Å². The van der Waals surface area contributed by atoms with Crippen molar-refractivity contribution >= 4 is 15.9 Å². The Labute approximate surface area is 76.3 Å². The third-order valence-electron chi connectivity index (χ3n) is 1.95. The molecular formula is C8H13BrN2. The molecule has 0 radical (unpaired) electrons. The maximum atomic E-state index is 8.40.